The highest BCUT2D eigenvalue weighted by atomic mass is 32.1. The molecule has 0 amide bonds. The molecular weight excluding hydrogens is 659 g/mol. The molecule has 2 heteroatoms. The number of hydrogen-bond acceptors (Lipinski definition) is 2. The van der Waals surface area contributed by atoms with Gasteiger partial charge in [-0.25, -0.2) is 4.98 Å². The van der Waals surface area contributed by atoms with Crippen LogP contribution < -0.4 is 0 Å². The van der Waals surface area contributed by atoms with E-state index in [1.807, 2.05) is 0 Å². The normalized spacial score (nSPS) is 18.3. The van der Waals surface area contributed by atoms with Crippen LogP contribution in [0.4, 0.5) is 0 Å². The molecule has 2 atom stereocenters. The summed E-state index contributed by atoms with van der Waals surface area (Å²) in [6.45, 7) is 0. The first-order valence-electron chi connectivity index (χ1n) is 18.4. The Morgan fingerprint density at radius 3 is 1.68 bits per heavy atom. The Morgan fingerprint density at radius 2 is 0.906 bits per heavy atom. The van der Waals surface area contributed by atoms with Crippen molar-refractivity contribution in [3.63, 3.8) is 0 Å². The Labute approximate surface area is 312 Å². The second-order valence-corrected chi connectivity index (χ2v) is 15.6. The van der Waals surface area contributed by atoms with E-state index in [4.69, 9.17) is 4.98 Å². The molecule has 53 heavy (non-hydrogen) atoms. The molecule has 3 aliphatic carbocycles. The lowest BCUT2D eigenvalue weighted by Crippen LogP contribution is -2.43. The van der Waals surface area contributed by atoms with Crippen molar-refractivity contribution in [2.45, 2.75) is 10.8 Å². The first kappa shape index (κ1) is 29.3. The Balaban J connectivity index is 1.10. The van der Waals surface area contributed by atoms with E-state index in [0.717, 1.165) is 16.1 Å². The zero-order valence-electron chi connectivity index (χ0n) is 28.8. The smallest absolute Gasteiger partial charge is 0.124 e. The largest absolute Gasteiger partial charge is 0.236 e. The quantitative estimate of drug-likeness (QED) is 0.180. The highest BCUT2D eigenvalue weighted by molar-refractivity contribution is 7.21. The lowest BCUT2D eigenvalue weighted by atomic mass is 9.52. The third kappa shape index (κ3) is 3.64. The lowest BCUT2D eigenvalue weighted by Gasteiger charge is -2.48. The van der Waals surface area contributed by atoms with E-state index >= 15 is 0 Å². The molecule has 246 valence electrons. The molecule has 1 heterocycles. The zero-order valence-corrected chi connectivity index (χ0v) is 29.6. The fourth-order valence-corrected chi connectivity index (χ4v) is 11.2. The third-order valence-electron chi connectivity index (χ3n) is 12.2. The van der Waals surface area contributed by atoms with E-state index in [-0.39, 0.29) is 0 Å². The Hall–Kier alpha value is -6.35. The van der Waals surface area contributed by atoms with Crippen LogP contribution in [-0.4, -0.2) is 4.98 Å². The molecular formula is C51H31NS. The van der Waals surface area contributed by atoms with Gasteiger partial charge in [-0.15, -0.1) is 11.3 Å². The van der Waals surface area contributed by atoms with E-state index in [1.54, 1.807) is 11.3 Å². The van der Waals surface area contributed by atoms with Crippen molar-refractivity contribution >= 4 is 21.6 Å². The van der Waals surface area contributed by atoms with Crippen molar-refractivity contribution in [1.29, 1.82) is 0 Å². The second-order valence-electron chi connectivity index (χ2n) is 14.6. The van der Waals surface area contributed by atoms with Crippen LogP contribution in [0, 0.1) is 0 Å². The molecule has 0 N–H and O–H groups in total. The maximum Gasteiger partial charge on any atom is 0.124 e. The Kier molecular flexibility index (Phi) is 5.85. The fraction of sp³-hybridized carbons (Fsp3) is 0.0392. The summed E-state index contributed by atoms with van der Waals surface area (Å²) in [6, 6.07) is 70.4. The first-order valence-corrected chi connectivity index (χ1v) is 19.2. The minimum absolute atomic E-state index is 0.422. The van der Waals surface area contributed by atoms with Gasteiger partial charge in [0.1, 0.15) is 5.01 Å². The van der Waals surface area contributed by atoms with Crippen molar-refractivity contribution in [2.75, 3.05) is 0 Å². The molecule has 0 radical (unpaired) electrons. The van der Waals surface area contributed by atoms with Gasteiger partial charge in [0, 0.05) is 5.56 Å². The van der Waals surface area contributed by atoms with E-state index in [2.05, 4.69) is 188 Å². The standard InChI is InChI=1S/C51H31NS/c1-2-13-35(14-3-1)50-40-18-6-4-15-36(40)38-17-12-22-45(48(38)50)51(44-21-9-8-20-43(44)50)41-19-7-5-16-37(41)39-31-34(29-30-42(39)51)32-25-27-33(28-26-32)49-52-46-23-10-11-24-47(46)53-49/h1-31H. The molecule has 0 bridgehead atoms. The molecule has 9 aromatic rings. The average molecular weight is 690 g/mol. The summed E-state index contributed by atoms with van der Waals surface area (Å²) in [5.41, 5.74) is 20.0. The minimum atomic E-state index is -0.469. The van der Waals surface area contributed by atoms with Gasteiger partial charge in [0.25, 0.3) is 0 Å². The molecule has 0 fully saturated rings. The number of benzene rings is 8. The number of nitrogens with zero attached hydrogens (tertiary/aromatic N) is 1. The van der Waals surface area contributed by atoms with Gasteiger partial charge in [0.2, 0.25) is 0 Å². The molecule has 12 rings (SSSR count). The molecule has 1 aromatic heterocycles. The molecule has 3 aliphatic rings. The summed E-state index contributed by atoms with van der Waals surface area (Å²) in [4.78, 5) is 4.91. The van der Waals surface area contributed by atoms with E-state index in [0.29, 0.717) is 0 Å². The van der Waals surface area contributed by atoms with Crippen LogP contribution >= 0.6 is 11.3 Å². The second kappa shape index (κ2) is 10.6. The zero-order chi connectivity index (χ0) is 34.7. The van der Waals surface area contributed by atoms with Gasteiger partial charge in [0.15, 0.2) is 0 Å². The number of para-hydroxylation sites is 1. The minimum Gasteiger partial charge on any atom is -0.236 e. The van der Waals surface area contributed by atoms with Crippen molar-refractivity contribution < 1.29 is 0 Å². The average Bonchev–Trinajstić information content (AvgIpc) is 3.89. The first-order chi connectivity index (χ1) is 26.3. The predicted octanol–water partition coefficient (Wildman–Crippen LogP) is 12.7. The Bertz CT molecular complexity index is 2920. The molecule has 8 aromatic carbocycles. The topological polar surface area (TPSA) is 12.9 Å². The van der Waals surface area contributed by atoms with Crippen molar-refractivity contribution in [2.24, 2.45) is 0 Å². The summed E-state index contributed by atoms with van der Waals surface area (Å²) >= 11 is 1.75. The number of aromatic nitrogens is 1. The lowest BCUT2D eigenvalue weighted by molar-refractivity contribution is 0.636. The maximum absolute atomic E-state index is 4.91. The number of thiazole rings is 1. The highest BCUT2D eigenvalue weighted by Crippen LogP contribution is 2.68. The van der Waals surface area contributed by atoms with Crippen molar-refractivity contribution in [1.82, 2.24) is 4.98 Å². The van der Waals surface area contributed by atoms with Gasteiger partial charge in [0.05, 0.1) is 21.0 Å². The molecule has 0 aliphatic heterocycles. The third-order valence-corrected chi connectivity index (χ3v) is 13.3. The van der Waals surface area contributed by atoms with Gasteiger partial charge in [-0.05, 0) is 96.1 Å². The van der Waals surface area contributed by atoms with Crippen LogP contribution in [0.3, 0.4) is 0 Å². The van der Waals surface area contributed by atoms with Gasteiger partial charge in [-0.1, -0.05) is 170 Å². The van der Waals surface area contributed by atoms with Crippen LogP contribution in [0.25, 0.3) is 54.2 Å². The monoisotopic (exact) mass is 689 g/mol. The van der Waals surface area contributed by atoms with E-state index in [1.165, 1.54) is 82.6 Å². The van der Waals surface area contributed by atoms with Crippen LogP contribution in [0.15, 0.2) is 188 Å². The summed E-state index contributed by atoms with van der Waals surface area (Å²) in [7, 11) is 0. The maximum atomic E-state index is 4.91. The molecule has 0 saturated heterocycles. The van der Waals surface area contributed by atoms with Crippen molar-refractivity contribution in [3.8, 4) is 44.0 Å². The van der Waals surface area contributed by atoms with Gasteiger partial charge < -0.3 is 0 Å². The highest BCUT2D eigenvalue weighted by Gasteiger charge is 2.59. The Morgan fingerprint density at radius 1 is 0.358 bits per heavy atom. The van der Waals surface area contributed by atoms with Crippen LogP contribution in [0.2, 0.25) is 0 Å². The van der Waals surface area contributed by atoms with E-state index in [9.17, 15) is 0 Å². The fourth-order valence-electron chi connectivity index (χ4n) is 10.2. The molecule has 1 nitrogen and oxygen atoms in total. The van der Waals surface area contributed by atoms with Crippen LogP contribution in [-0.2, 0) is 10.8 Å². The van der Waals surface area contributed by atoms with Crippen LogP contribution in [0.5, 0.6) is 0 Å². The van der Waals surface area contributed by atoms with Gasteiger partial charge in [-0.2, -0.15) is 0 Å². The summed E-state index contributed by atoms with van der Waals surface area (Å²) in [5, 5.41) is 1.06. The summed E-state index contributed by atoms with van der Waals surface area (Å²) in [6.07, 6.45) is 0. The predicted molar refractivity (Wildman–Crippen MR) is 219 cm³/mol. The number of fused-ring (bicyclic) bond motifs is 13. The summed E-state index contributed by atoms with van der Waals surface area (Å²) < 4.78 is 1.22. The molecule has 0 saturated carbocycles. The van der Waals surface area contributed by atoms with Crippen LogP contribution in [0.1, 0.15) is 44.5 Å². The van der Waals surface area contributed by atoms with Gasteiger partial charge in [-0.3, -0.25) is 0 Å². The van der Waals surface area contributed by atoms with E-state index < -0.39 is 10.8 Å². The van der Waals surface area contributed by atoms with Gasteiger partial charge >= 0.3 is 0 Å². The summed E-state index contributed by atoms with van der Waals surface area (Å²) in [5.74, 6) is 0. The molecule has 1 spiro atoms. The number of hydrogen-bond donors (Lipinski definition) is 0. The van der Waals surface area contributed by atoms with Crippen molar-refractivity contribution in [3.05, 3.63) is 233 Å². The number of rotatable bonds is 3. The molecule has 2 unspecified atom stereocenters. The SMILES string of the molecule is c1ccc(C23c4ccccc4-c4cccc(c42)C2(c4ccccc4-c4cc(-c5ccc(-c6nc7ccccc7s6)cc5)ccc42)c2ccccc23)cc1.